The molecule has 0 fully saturated rings. The second-order valence-electron chi connectivity index (χ2n) is 5.26. The molecule has 0 bridgehead atoms. The number of ether oxygens (including phenoxy) is 1. The first kappa shape index (κ1) is 15.8. The average molecular weight is 301 g/mol. The van der Waals surface area contributed by atoms with Crippen LogP contribution < -0.4 is 0 Å². The number of benzene rings is 1. The van der Waals surface area contributed by atoms with Crippen molar-refractivity contribution in [3.8, 4) is 0 Å². The van der Waals surface area contributed by atoms with Crippen LogP contribution in [0.4, 0.5) is 0 Å². The van der Waals surface area contributed by atoms with Gasteiger partial charge in [0.05, 0.1) is 0 Å². The summed E-state index contributed by atoms with van der Waals surface area (Å²) >= 11 is 0. The number of amides is 1. The van der Waals surface area contributed by atoms with Crippen molar-refractivity contribution in [2.75, 3.05) is 14.1 Å². The summed E-state index contributed by atoms with van der Waals surface area (Å²) in [5, 5.41) is 0. The van der Waals surface area contributed by atoms with Crippen LogP contribution in [0.5, 0.6) is 0 Å². The second kappa shape index (κ2) is 6.47. The molecule has 1 atom stereocenters. The van der Waals surface area contributed by atoms with Gasteiger partial charge in [-0.2, -0.15) is 0 Å². The highest BCUT2D eigenvalue weighted by Crippen LogP contribution is 2.23. The molecule has 1 aromatic heterocycles. The third-order valence-corrected chi connectivity index (χ3v) is 3.25. The van der Waals surface area contributed by atoms with Crippen molar-refractivity contribution < 1.29 is 18.7 Å². The topological polar surface area (TPSA) is 59.8 Å². The number of furan rings is 1. The number of hydrogen-bond acceptors (Lipinski definition) is 4. The lowest BCUT2D eigenvalue weighted by Gasteiger charge is -2.21. The molecule has 5 nitrogen and oxygen atoms in total. The van der Waals surface area contributed by atoms with Crippen LogP contribution in [0.15, 0.2) is 40.8 Å². The van der Waals surface area contributed by atoms with Crippen LogP contribution in [0.1, 0.15) is 33.5 Å². The summed E-state index contributed by atoms with van der Waals surface area (Å²) in [5.74, 6) is 0.238. The summed E-state index contributed by atoms with van der Waals surface area (Å²) in [4.78, 5) is 26.1. The van der Waals surface area contributed by atoms with Crippen LogP contribution in [0.2, 0.25) is 0 Å². The quantitative estimate of drug-likeness (QED) is 0.815. The number of aryl methyl sites for hydroxylation is 2. The predicted octanol–water partition coefficient (Wildman–Crippen LogP) is 2.88. The average Bonchev–Trinajstić information content (AvgIpc) is 2.83. The normalized spacial score (nSPS) is 11.8. The van der Waals surface area contributed by atoms with Gasteiger partial charge >= 0.3 is 5.97 Å². The van der Waals surface area contributed by atoms with E-state index in [-0.39, 0.29) is 5.91 Å². The minimum Gasteiger partial charge on any atom is -0.466 e. The lowest BCUT2D eigenvalue weighted by atomic mass is 10.1. The fraction of sp³-hybridized carbons (Fsp3) is 0.294. The van der Waals surface area contributed by atoms with E-state index in [1.165, 1.54) is 4.90 Å². The summed E-state index contributed by atoms with van der Waals surface area (Å²) in [5.41, 5.74) is 0.970. The Kier molecular flexibility index (Phi) is 4.65. The minimum absolute atomic E-state index is 0.294. The third-order valence-electron chi connectivity index (χ3n) is 3.25. The fourth-order valence-electron chi connectivity index (χ4n) is 2.13. The lowest BCUT2D eigenvalue weighted by Crippen LogP contribution is -2.31. The summed E-state index contributed by atoms with van der Waals surface area (Å²) in [7, 11) is 3.25. The first-order valence-electron chi connectivity index (χ1n) is 6.94. The number of rotatable bonds is 4. The van der Waals surface area contributed by atoms with E-state index in [9.17, 15) is 9.59 Å². The molecule has 1 aromatic carbocycles. The first-order valence-corrected chi connectivity index (χ1v) is 6.94. The van der Waals surface area contributed by atoms with Gasteiger partial charge in [-0.15, -0.1) is 0 Å². The van der Waals surface area contributed by atoms with Crippen molar-refractivity contribution in [3.05, 3.63) is 59.0 Å². The molecule has 0 saturated heterocycles. The Labute approximate surface area is 129 Å². The van der Waals surface area contributed by atoms with Crippen LogP contribution in [0.25, 0.3) is 0 Å². The van der Waals surface area contributed by atoms with Crippen LogP contribution >= 0.6 is 0 Å². The summed E-state index contributed by atoms with van der Waals surface area (Å²) in [6.45, 7) is 3.44. The number of likely N-dealkylation sites (N-methyl/N-ethyl adjacent to an activating group) is 1. The Hall–Kier alpha value is -2.56. The first-order chi connectivity index (χ1) is 10.4. The molecule has 0 aliphatic carbocycles. The van der Waals surface area contributed by atoms with E-state index in [0.29, 0.717) is 22.6 Å². The minimum atomic E-state index is -0.974. The van der Waals surface area contributed by atoms with Crippen molar-refractivity contribution in [3.63, 3.8) is 0 Å². The van der Waals surface area contributed by atoms with Gasteiger partial charge in [0.1, 0.15) is 17.1 Å². The van der Waals surface area contributed by atoms with Crippen LogP contribution in [-0.2, 0) is 9.53 Å². The van der Waals surface area contributed by atoms with E-state index < -0.39 is 12.1 Å². The Balaban J connectivity index is 2.29. The zero-order valence-corrected chi connectivity index (χ0v) is 13.1. The largest absolute Gasteiger partial charge is 0.466 e. The molecule has 2 rings (SSSR count). The van der Waals surface area contributed by atoms with Gasteiger partial charge in [-0.05, 0) is 19.9 Å². The number of nitrogens with zero attached hydrogens (tertiary/aromatic N) is 1. The molecule has 0 aliphatic rings. The highest BCUT2D eigenvalue weighted by molar-refractivity contribution is 5.93. The van der Waals surface area contributed by atoms with Gasteiger partial charge in [-0.25, -0.2) is 4.79 Å². The van der Waals surface area contributed by atoms with Crippen molar-refractivity contribution in [1.29, 1.82) is 0 Å². The van der Waals surface area contributed by atoms with Gasteiger partial charge in [0.15, 0.2) is 0 Å². The number of esters is 1. The predicted molar refractivity (Wildman–Crippen MR) is 81.5 cm³/mol. The van der Waals surface area contributed by atoms with Gasteiger partial charge in [0, 0.05) is 19.7 Å². The molecule has 0 aliphatic heterocycles. The van der Waals surface area contributed by atoms with Crippen molar-refractivity contribution >= 4 is 11.9 Å². The van der Waals surface area contributed by atoms with Crippen molar-refractivity contribution in [2.45, 2.75) is 20.0 Å². The Morgan fingerprint density at radius 1 is 1.14 bits per heavy atom. The molecular weight excluding hydrogens is 282 g/mol. The number of carbonyl (C=O) groups is 2. The standard InChI is InChI=1S/C17H19NO4/c1-11-10-14(12(2)21-11)17(20)22-15(16(19)18(3)4)13-8-6-5-7-9-13/h5-10,15H,1-4H3/t15-/m1/s1. The van der Waals surface area contributed by atoms with E-state index >= 15 is 0 Å². The molecule has 1 heterocycles. The number of hydrogen-bond donors (Lipinski definition) is 0. The molecule has 116 valence electrons. The lowest BCUT2D eigenvalue weighted by molar-refractivity contribution is -0.138. The molecule has 0 radical (unpaired) electrons. The second-order valence-corrected chi connectivity index (χ2v) is 5.26. The van der Waals surface area contributed by atoms with Crippen LogP contribution in [-0.4, -0.2) is 30.9 Å². The van der Waals surface area contributed by atoms with Gasteiger partial charge in [0.2, 0.25) is 6.10 Å². The van der Waals surface area contributed by atoms with E-state index in [0.717, 1.165) is 0 Å². The van der Waals surface area contributed by atoms with E-state index in [1.807, 2.05) is 6.07 Å². The SMILES string of the molecule is Cc1cc(C(=O)O[C@@H](C(=O)N(C)C)c2ccccc2)c(C)o1. The molecule has 22 heavy (non-hydrogen) atoms. The zero-order valence-electron chi connectivity index (χ0n) is 13.1. The van der Waals surface area contributed by atoms with Crippen LogP contribution in [0, 0.1) is 13.8 Å². The third kappa shape index (κ3) is 3.36. The Morgan fingerprint density at radius 3 is 2.27 bits per heavy atom. The van der Waals surface area contributed by atoms with E-state index in [1.54, 1.807) is 58.3 Å². The maximum atomic E-state index is 12.3. The zero-order chi connectivity index (χ0) is 16.3. The van der Waals surface area contributed by atoms with Crippen molar-refractivity contribution in [2.24, 2.45) is 0 Å². The van der Waals surface area contributed by atoms with Crippen LogP contribution in [0.3, 0.4) is 0 Å². The van der Waals surface area contributed by atoms with E-state index in [4.69, 9.17) is 9.15 Å². The molecule has 0 spiro atoms. The van der Waals surface area contributed by atoms with Gasteiger partial charge in [-0.1, -0.05) is 30.3 Å². The molecule has 2 aromatic rings. The number of carbonyl (C=O) groups excluding carboxylic acids is 2. The van der Waals surface area contributed by atoms with E-state index in [2.05, 4.69) is 0 Å². The molecule has 0 N–H and O–H groups in total. The maximum Gasteiger partial charge on any atom is 0.342 e. The Bertz CT molecular complexity index is 673. The molecule has 1 amide bonds. The summed E-state index contributed by atoms with van der Waals surface area (Å²) < 4.78 is 10.8. The smallest absolute Gasteiger partial charge is 0.342 e. The van der Waals surface area contributed by atoms with Gasteiger partial charge < -0.3 is 14.1 Å². The molecule has 0 saturated carbocycles. The monoisotopic (exact) mass is 301 g/mol. The van der Waals surface area contributed by atoms with Gasteiger partial charge in [-0.3, -0.25) is 4.79 Å². The summed E-state index contributed by atoms with van der Waals surface area (Å²) in [6, 6.07) is 10.6. The molecular formula is C17H19NO4. The fourth-order valence-corrected chi connectivity index (χ4v) is 2.13. The highest BCUT2D eigenvalue weighted by Gasteiger charge is 2.28. The molecule has 0 unspecified atom stereocenters. The Morgan fingerprint density at radius 2 is 1.77 bits per heavy atom. The van der Waals surface area contributed by atoms with Gasteiger partial charge in [0.25, 0.3) is 5.91 Å². The summed E-state index contributed by atoms with van der Waals surface area (Å²) in [6.07, 6.45) is -0.974. The highest BCUT2D eigenvalue weighted by atomic mass is 16.5. The van der Waals surface area contributed by atoms with Crippen molar-refractivity contribution in [1.82, 2.24) is 4.90 Å². The maximum absolute atomic E-state index is 12.3. The molecule has 5 heteroatoms.